The van der Waals surface area contributed by atoms with Crippen LogP contribution in [0.1, 0.15) is 41.5 Å². The maximum absolute atomic E-state index is 13.5. The third-order valence-electron chi connectivity index (χ3n) is 5.26. The molecule has 0 amide bonds. The Kier molecular flexibility index (Phi) is 8.15. The van der Waals surface area contributed by atoms with Crippen LogP contribution in [-0.4, -0.2) is 32.6 Å². The van der Waals surface area contributed by atoms with E-state index in [1.807, 2.05) is 0 Å². The molecule has 0 fully saturated rings. The second-order valence-corrected chi connectivity index (χ2v) is 10.4. The second kappa shape index (κ2) is 10.9. The van der Waals surface area contributed by atoms with Crippen molar-refractivity contribution in [3.8, 4) is 28.4 Å². The number of hydrogen-bond donors (Lipinski definition) is 0. The highest BCUT2D eigenvalue weighted by Crippen LogP contribution is 2.32. The fourth-order valence-electron chi connectivity index (χ4n) is 3.09. The van der Waals surface area contributed by atoms with E-state index in [9.17, 15) is 14.4 Å². The zero-order chi connectivity index (χ0) is 27.4. The number of methoxy groups -OCH3 is 1. The van der Waals surface area contributed by atoms with Gasteiger partial charge in [0.1, 0.15) is 34.5 Å². The van der Waals surface area contributed by atoms with E-state index in [2.05, 4.69) is 0 Å². The molecule has 0 saturated carbocycles. The molecule has 9 heteroatoms. The van der Waals surface area contributed by atoms with Crippen molar-refractivity contribution in [2.24, 2.45) is 10.8 Å². The molecule has 0 radical (unpaired) electrons. The smallest absolute Gasteiger partial charge is 0.314 e. The molecule has 0 bridgehead atoms. The molecular formula is C28H32O9. The Hall–Kier alpha value is -4.01. The highest BCUT2D eigenvalue weighted by atomic mass is 16.7. The molecular weight excluding hydrogens is 480 g/mol. The summed E-state index contributed by atoms with van der Waals surface area (Å²) < 4.78 is 32.6. The summed E-state index contributed by atoms with van der Waals surface area (Å²) in [4.78, 5) is 37.7. The number of carbonyl (C=O) groups is 2. The van der Waals surface area contributed by atoms with E-state index < -0.39 is 29.6 Å². The molecule has 0 aliphatic carbocycles. The molecule has 0 atom stereocenters. The third kappa shape index (κ3) is 6.81. The second-order valence-electron chi connectivity index (χ2n) is 10.4. The molecule has 0 unspecified atom stereocenters. The van der Waals surface area contributed by atoms with Crippen molar-refractivity contribution >= 4 is 22.9 Å². The molecule has 3 aromatic rings. The minimum atomic E-state index is -0.728. The molecule has 2 aromatic carbocycles. The fraction of sp³-hybridized carbons (Fsp3) is 0.393. The van der Waals surface area contributed by atoms with Gasteiger partial charge in [0.15, 0.2) is 0 Å². The number of esters is 2. The van der Waals surface area contributed by atoms with Crippen LogP contribution < -0.4 is 19.6 Å². The molecule has 198 valence electrons. The molecule has 3 rings (SSSR count). The van der Waals surface area contributed by atoms with Crippen molar-refractivity contribution in [2.75, 3.05) is 20.7 Å². The van der Waals surface area contributed by atoms with Crippen LogP contribution >= 0.6 is 0 Å². The first kappa shape index (κ1) is 27.6. The summed E-state index contributed by atoms with van der Waals surface area (Å²) in [7, 11) is 1.55. The number of ether oxygens (including phenoxy) is 5. The van der Waals surface area contributed by atoms with E-state index in [0.29, 0.717) is 16.9 Å². The Morgan fingerprint density at radius 2 is 1.38 bits per heavy atom. The lowest BCUT2D eigenvalue weighted by atomic mass is 9.97. The number of fused-ring (bicyclic) bond motifs is 1. The Bertz CT molecular complexity index is 1320. The molecule has 9 nitrogen and oxygen atoms in total. The summed E-state index contributed by atoms with van der Waals surface area (Å²) in [6.45, 7) is 9.55. The Morgan fingerprint density at radius 1 is 0.811 bits per heavy atom. The van der Waals surface area contributed by atoms with E-state index in [1.54, 1.807) is 72.9 Å². The SMILES string of the molecule is COc1ccc(-c2coc3cc(OCOC(=O)C(C)(C)C)cc(OCOC(=O)C(C)(C)C)c3c2=O)cc1. The van der Waals surface area contributed by atoms with Gasteiger partial charge in [-0.2, -0.15) is 0 Å². The maximum atomic E-state index is 13.5. The van der Waals surface area contributed by atoms with Gasteiger partial charge >= 0.3 is 11.9 Å². The highest BCUT2D eigenvalue weighted by molar-refractivity contribution is 5.88. The zero-order valence-corrected chi connectivity index (χ0v) is 22.1. The van der Waals surface area contributed by atoms with Gasteiger partial charge in [0, 0.05) is 12.1 Å². The van der Waals surface area contributed by atoms with Crippen LogP contribution in [0.4, 0.5) is 0 Å². The highest BCUT2D eigenvalue weighted by Gasteiger charge is 2.25. The third-order valence-corrected chi connectivity index (χ3v) is 5.26. The molecule has 37 heavy (non-hydrogen) atoms. The molecule has 1 heterocycles. The van der Waals surface area contributed by atoms with Crippen molar-refractivity contribution in [1.82, 2.24) is 0 Å². The standard InChI is InChI=1S/C28H32O9/c1-27(2,3)25(30)36-15-34-19-12-21-23(22(13-19)35-16-37-26(31)28(4,5)6)24(29)20(14-33-21)17-8-10-18(32-7)11-9-17/h8-14H,15-16H2,1-7H3. The molecule has 1 aromatic heterocycles. The van der Waals surface area contributed by atoms with Gasteiger partial charge in [-0.1, -0.05) is 12.1 Å². The van der Waals surface area contributed by atoms with Gasteiger partial charge in [0.25, 0.3) is 0 Å². The van der Waals surface area contributed by atoms with Gasteiger partial charge in [-0.05, 0) is 59.2 Å². The summed E-state index contributed by atoms with van der Waals surface area (Å²) in [5.41, 5.74) is -0.667. The van der Waals surface area contributed by atoms with Crippen LogP contribution in [0.5, 0.6) is 17.2 Å². The largest absolute Gasteiger partial charge is 0.497 e. The minimum Gasteiger partial charge on any atom is -0.497 e. The fourth-order valence-corrected chi connectivity index (χ4v) is 3.09. The van der Waals surface area contributed by atoms with E-state index >= 15 is 0 Å². The monoisotopic (exact) mass is 512 g/mol. The van der Waals surface area contributed by atoms with Crippen molar-refractivity contribution in [3.05, 3.63) is 52.9 Å². The lowest BCUT2D eigenvalue weighted by Gasteiger charge is -2.18. The van der Waals surface area contributed by atoms with Crippen LogP contribution in [0.25, 0.3) is 22.1 Å². The zero-order valence-electron chi connectivity index (χ0n) is 22.1. The summed E-state index contributed by atoms with van der Waals surface area (Å²) >= 11 is 0. The van der Waals surface area contributed by atoms with Crippen molar-refractivity contribution in [1.29, 1.82) is 0 Å². The molecule has 0 aliphatic rings. The Balaban J connectivity index is 1.96. The number of carbonyl (C=O) groups excluding carboxylic acids is 2. The summed E-state index contributed by atoms with van der Waals surface area (Å²) in [6.07, 6.45) is 1.35. The topological polar surface area (TPSA) is 110 Å². The number of rotatable bonds is 8. The van der Waals surface area contributed by atoms with E-state index in [0.717, 1.165) is 0 Å². The van der Waals surface area contributed by atoms with Crippen LogP contribution in [0.3, 0.4) is 0 Å². The number of benzene rings is 2. The molecule has 0 spiro atoms. The van der Waals surface area contributed by atoms with Crippen LogP contribution in [0.15, 0.2) is 51.9 Å². The van der Waals surface area contributed by atoms with Crippen molar-refractivity contribution < 1.29 is 37.7 Å². The molecule has 0 saturated heterocycles. The maximum Gasteiger partial charge on any atom is 0.314 e. The van der Waals surface area contributed by atoms with Gasteiger partial charge in [0.2, 0.25) is 19.0 Å². The Morgan fingerprint density at radius 3 is 1.92 bits per heavy atom. The van der Waals surface area contributed by atoms with E-state index in [1.165, 1.54) is 18.4 Å². The summed E-state index contributed by atoms with van der Waals surface area (Å²) in [5.74, 6) is 0.0542. The molecule has 0 N–H and O–H groups in total. The first-order valence-corrected chi connectivity index (χ1v) is 11.7. The van der Waals surface area contributed by atoms with Gasteiger partial charge in [-0.15, -0.1) is 0 Å². The van der Waals surface area contributed by atoms with Crippen molar-refractivity contribution in [2.45, 2.75) is 41.5 Å². The predicted molar refractivity (Wildman–Crippen MR) is 137 cm³/mol. The molecule has 0 aliphatic heterocycles. The lowest BCUT2D eigenvalue weighted by Crippen LogP contribution is -2.25. The van der Waals surface area contributed by atoms with E-state index in [-0.39, 0.29) is 34.7 Å². The predicted octanol–water partition coefficient (Wildman–Crippen LogP) is 5.32. The van der Waals surface area contributed by atoms with Crippen LogP contribution in [-0.2, 0) is 19.1 Å². The Labute approximate surface area is 215 Å². The average Bonchev–Trinajstić information content (AvgIpc) is 2.83. The average molecular weight is 513 g/mol. The van der Waals surface area contributed by atoms with Gasteiger partial charge < -0.3 is 28.1 Å². The minimum absolute atomic E-state index is 0.0838. The van der Waals surface area contributed by atoms with Gasteiger partial charge in [0.05, 0.1) is 23.5 Å². The summed E-state index contributed by atoms with van der Waals surface area (Å²) in [5, 5.41) is 0.138. The quantitative estimate of drug-likeness (QED) is 0.292. The van der Waals surface area contributed by atoms with Crippen LogP contribution in [0.2, 0.25) is 0 Å². The van der Waals surface area contributed by atoms with Crippen LogP contribution in [0, 0.1) is 10.8 Å². The number of hydrogen-bond acceptors (Lipinski definition) is 9. The van der Waals surface area contributed by atoms with Gasteiger partial charge in [-0.25, -0.2) is 0 Å². The van der Waals surface area contributed by atoms with Crippen molar-refractivity contribution in [3.63, 3.8) is 0 Å². The lowest BCUT2D eigenvalue weighted by molar-refractivity contribution is -0.160. The van der Waals surface area contributed by atoms with Gasteiger partial charge in [-0.3, -0.25) is 14.4 Å². The normalized spacial score (nSPS) is 11.6. The first-order valence-electron chi connectivity index (χ1n) is 11.7. The summed E-state index contributed by atoms with van der Waals surface area (Å²) in [6, 6.07) is 9.89. The first-order chi connectivity index (χ1) is 17.3. The van der Waals surface area contributed by atoms with E-state index in [4.69, 9.17) is 28.1 Å².